The van der Waals surface area contributed by atoms with Crippen LogP contribution in [0.2, 0.25) is 0 Å². The fraction of sp³-hybridized carbons (Fsp3) is 0.385. The van der Waals surface area contributed by atoms with Crippen molar-refractivity contribution in [3.8, 4) is 0 Å². The van der Waals surface area contributed by atoms with E-state index in [-0.39, 0.29) is 30.0 Å². The van der Waals surface area contributed by atoms with Gasteiger partial charge in [0.15, 0.2) is 0 Å². The van der Waals surface area contributed by atoms with Crippen molar-refractivity contribution in [2.24, 2.45) is 0 Å². The third-order valence-corrected chi connectivity index (χ3v) is 5.86. The number of aromatic nitrogens is 1. The van der Waals surface area contributed by atoms with Gasteiger partial charge in [-0.3, -0.25) is 9.59 Å². The monoisotopic (exact) mass is 420 g/mol. The van der Waals surface area contributed by atoms with E-state index in [0.29, 0.717) is 24.1 Å². The Morgan fingerprint density at radius 2 is 1.74 bits per heavy atom. The molecule has 31 heavy (non-hydrogen) atoms. The summed E-state index contributed by atoms with van der Waals surface area (Å²) in [6.45, 7) is 11.0. The van der Waals surface area contributed by atoms with Gasteiger partial charge in [0, 0.05) is 24.3 Å². The summed E-state index contributed by atoms with van der Waals surface area (Å²) in [5.74, 6) is -0.145. The molecule has 0 atom stereocenters. The molecule has 3 aromatic rings. The summed E-state index contributed by atoms with van der Waals surface area (Å²) in [6.07, 6.45) is 0.454. The maximum atomic E-state index is 13.2. The molecular weight excluding hydrogens is 388 g/mol. The lowest BCUT2D eigenvalue weighted by Gasteiger charge is -2.24. The van der Waals surface area contributed by atoms with Gasteiger partial charge in [0.25, 0.3) is 11.5 Å². The van der Waals surface area contributed by atoms with Crippen LogP contribution >= 0.6 is 0 Å². The second-order valence-corrected chi connectivity index (χ2v) is 9.23. The molecule has 0 bridgehead atoms. The number of benzene rings is 2. The van der Waals surface area contributed by atoms with Crippen molar-refractivity contribution in [1.82, 2.24) is 9.88 Å². The second-order valence-electron chi connectivity index (χ2n) is 9.23. The molecule has 1 aromatic heterocycles. The molecule has 2 N–H and O–H groups in total. The van der Waals surface area contributed by atoms with Crippen LogP contribution in [-0.4, -0.2) is 34.0 Å². The Bertz CT molecular complexity index is 1140. The Hall–Kier alpha value is -2.92. The third-order valence-electron chi connectivity index (χ3n) is 5.86. The number of nitrogens with zero attached hydrogens (tertiary/aromatic N) is 1. The largest absolute Gasteiger partial charge is 0.396 e. The minimum atomic E-state index is -0.189. The van der Waals surface area contributed by atoms with Crippen molar-refractivity contribution in [2.45, 2.75) is 53.0 Å². The van der Waals surface area contributed by atoms with Crippen molar-refractivity contribution < 1.29 is 9.90 Å². The minimum absolute atomic E-state index is 0.00697. The van der Waals surface area contributed by atoms with Crippen molar-refractivity contribution >= 4 is 16.8 Å². The first kappa shape index (κ1) is 22.8. The van der Waals surface area contributed by atoms with Gasteiger partial charge in [0.2, 0.25) is 0 Å². The molecule has 2 aromatic carbocycles. The third kappa shape index (κ3) is 5.05. The van der Waals surface area contributed by atoms with E-state index < -0.39 is 0 Å². The predicted octanol–water partition coefficient (Wildman–Crippen LogP) is 4.47. The molecule has 0 aliphatic heterocycles. The number of aliphatic hydroxyl groups excluding tert-OH is 1. The van der Waals surface area contributed by atoms with Gasteiger partial charge in [-0.2, -0.15) is 0 Å². The van der Waals surface area contributed by atoms with Crippen LogP contribution in [0.15, 0.2) is 47.3 Å². The molecule has 164 valence electrons. The SMILES string of the molecule is Cc1ccc2cc(CN(CCCO)C(=O)c3ccc(C(C)(C)C)cc3)c(=O)[nH]c2c1C. The number of aliphatic hydroxyl groups is 1. The van der Waals surface area contributed by atoms with Gasteiger partial charge in [-0.25, -0.2) is 0 Å². The van der Waals surface area contributed by atoms with Crippen LogP contribution in [0.3, 0.4) is 0 Å². The summed E-state index contributed by atoms with van der Waals surface area (Å²) in [7, 11) is 0. The number of pyridine rings is 1. The first-order chi connectivity index (χ1) is 14.6. The van der Waals surface area contributed by atoms with E-state index in [1.807, 2.05) is 56.3 Å². The van der Waals surface area contributed by atoms with Crippen LogP contribution in [0.5, 0.6) is 0 Å². The number of fused-ring (bicyclic) bond motifs is 1. The van der Waals surface area contributed by atoms with Crippen molar-refractivity contribution in [3.05, 3.63) is 80.6 Å². The quantitative estimate of drug-likeness (QED) is 0.618. The number of carbonyl (C=O) groups excluding carboxylic acids is 1. The Labute approximate surface area is 183 Å². The Kier molecular flexibility index (Phi) is 6.65. The Balaban J connectivity index is 1.92. The number of nitrogens with one attached hydrogen (secondary N) is 1. The number of hydrogen-bond acceptors (Lipinski definition) is 3. The van der Waals surface area contributed by atoms with E-state index >= 15 is 0 Å². The highest BCUT2D eigenvalue weighted by Gasteiger charge is 2.19. The minimum Gasteiger partial charge on any atom is -0.396 e. The highest BCUT2D eigenvalue weighted by Crippen LogP contribution is 2.23. The predicted molar refractivity (Wildman–Crippen MR) is 126 cm³/mol. The summed E-state index contributed by atoms with van der Waals surface area (Å²) in [5, 5.41) is 10.3. The normalized spacial score (nSPS) is 11.7. The molecule has 0 saturated carbocycles. The van der Waals surface area contributed by atoms with Gasteiger partial charge in [0.1, 0.15) is 0 Å². The van der Waals surface area contributed by atoms with Crippen LogP contribution in [0.4, 0.5) is 0 Å². The molecule has 5 nitrogen and oxygen atoms in total. The topological polar surface area (TPSA) is 73.4 Å². The lowest BCUT2D eigenvalue weighted by Crippen LogP contribution is -2.34. The molecule has 3 rings (SSSR count). The molecule has 0 fully saturated rings. The van der Waals surface area contributed by atoms with Crippen molar-refractivity contribution in [2.75, 3.05) is 13.2 Å². The van der Waals surface area contributed by atoms with Crippen LogP contribution in [0.1, 0.15) is 59.8 Å². The van der Waals surface area contributed by atoms with Gasteiger partial charge in [-0.05, 0) is 66.0 Å². The number of amides is 1. The maximum absolute atomic E-state index is 13.2. The fourth-order valence-corrected chi connectivity index (χ4v) is 3.70. The van der Waals surface area contributed by atoms with Crippen molar-refractivity contribution in [3.63, 3.8) is 0 Å². The average Bonchev–Trinajstić information content (AvgIpc) is 2.73. The molecule has 0 unspecified atom stereocenters. The number of H-pyrrole nitrogens is 1. The zero-order chi connectivity index (χ0) is 22.8. The lowest BCUT2D eigenvalue weighted by atomic mass is 9.86. The van der Waals surface area contributed by atoms with Crippen LogP contribution in [0, 0.1) is 13.8 Å². The highest BCUT2D eigenvalue weighted by atomic mass is 16.3. The number of aromatic amines is 1. The average molecular weight is 421 g/mol. The Morgan fingerprint density at radius 3 is 2.35 bits per heavy atom. The molecule has 0 aliphatic carbocycles. The van der Waals surface area contributed by atoms with Gasteiger partial charge in [-0.1, -0.05) is 45.0 Å². The standard InChI is InChI=1S/C26H32N2O3/c1-17-7-8-20-15-21(24(30)27-23(20)18(17)2)16-28(13-6-14-29)25(31)19-9-11-22(12-10-19)26(3,4)5/h7-12,15,29H,6,13-14,16H2,1-5H3,(H,27,30). The molecule has 0 saturated heterocycles. The molecule has 5 heteroatoms. The number of carbonyl (C=O) groups is 1. The molecule has 1 heterocycles. The van der Waals surface area contributed by atoms with Crippen molar-refractivity contribution in [1.29, 1.82) is 0 Å². The number of hydrogen-bond donors (Lipinski definition) is 2. The summed E-state index contributed by atoms with van der Waals surface area (Å²) in [5.41, 5.74) is 5.09. The van der Waals surface area contributed by atoms with Gasteiger partial charge in [0.05, 0.1) is 12.1 Å². The van der Waals surface area contributed by atoms with E-state index in [9.17, 15) is 14.7 Å². The summed E-state index contributed by atoms with van der Waals surface area (Å²) < 4.78 is 0. The van der Waals surface area contributed by atoms with E-state index in [1.54, 1.807) is 4.90 Å². The van der Waals surface area contributed by atoms with Gasteiger partial charge in [-0.15, -0.1) is 0 Å². The first-order valence-corrected chi connectivity index (χ1v) is 10.7. The molecule has 0 radical (unpaired) electrons. The molecule has 1 amide bonds. The van der Waals surface area contributed by atoms with Crippen LogP contribution < -0.4 is 5.56 Å². The van der Waals surface area contributed by atoms with Gasteiger partial charge >= 0.3 is 0 Å². The van der Waals surface area contributed by atoms with Crippen LogP contribution in [0.25, 0.3) is 10.9 Å². The fourth-order valence-electron chi connectivity index (χ4n) is 3.70. The highest BCUT2D eigenvalue weighted by molar-refractivity contribution is 5.94. The molecule has 0 aliphatic rings. The van der Waals surface area contributed by atoms with Gasteiger partial charge < -0.3 is 15.0 Å². The zero-order valence-electron chi connectivity index (χ0n) is 19.1. The van der Waals surface area contributed by atoms with E-state index in [1.165, 1.54) is 0 Å². The molecule has 0 spiro atoms. The maximum Gasteiger partial charge on any atom is 0.254 e. The molecular formula is C26H32N2O3. The summed E-state index contributed by atoms with van der Waals surface area (Å²) in [6, 6.07) is 13.5. The van der Waals surface area contributed by atoms with E-state index in [0.717, 1.165) is 27.6 Å². The summed E-state index contributed by atoms with van der Waals surface area (Å²) in [4.78, 5) is 30.6. The second kappa shape index (κ2) is 9.06. The first-order valence-electron chi connectivity index (χ1n) is 10.7. The number of rotatable bonds is 6. The number of aryl methyl sites for hydroxylation is 2. The zero-order valence-corrected chi connectivity index (χ0v) is 19.1. The summed E-state index contributed by atoms with van der Waals surface area (Å²) >= 11 is 0. The van der Waals surface area contributed by atoms with Crippen LogP contribution in [-0.2, 0) is 12.0 Å². The van der Waals surface area contributed by atoms with E-state index in [4.69, 9.17) is 0 Å². The van der Waals surface area contributed by atoms with E-state index in [2.05, 4.69) is 25.8 Å². The lowest BCUT2D eigenvalue weighted by molar-refractivity contribution is 0.0731. The Morgan fingerprint density at radius 1 is 1.06 bits per heavy atom. The smallest absolute Gasteiger partial charge is 0.254 e.